The normalized spacial score (nSPS) is 17.1. The van der Waals surface area contributed by atoms with Gasteiger partial charge in [-0.05, 0) is 55.0 Å². The minimum absolute atomic E-state index is 0.0898. The van der Waals surface area contributed by atoms with Crippen molar-refractivity contribution in [3.05, 3.63) is 81.9 Å². The maximum Gasteiger partial charge on any atom is 0.343 e. The van der Waals surface area contributed by atoms with Gasteiger partial charge in [0.05, 0.1) is 22.6 Å². The van der Waals surface area contributed by atoms with E-state index in [1.165, 1.54) is 6.07 Å². The number of anilines is 1. The Labute approximate surface area is 248 Å². The van der Waals surface area contributed by atoms with Crippen LogP contribution in [0.3, 0.4) is 0 Å². The molecule has 4 aromatic rings. The van der Waals surface area contributed by atoms with Crippen LogP contribution in [-0.4, -0.2) is 66.5 Å². The maximum absolute atomic E-state index is 13.3. The average Bonchev–Trinajstić information content (AvgIpc) is 3.73. The number of piperazine rings is 1. The molecule has 1 aliphatic carbocycles. The highest BCUT2D eigenvalue weighted by Crippen LogP contribution is 2.48. The topological polar surface area (TPSA) is 184 Å². The molecule has 2 aliphatic rings. The second kappa shape index (κ2) is 11.8. The molecule has 1 amide bonds. The third kappa shape index (κ3) is 6.28. The first kappa shape index (κ1) is 28.9. The van der Waals surface area contributed by atoms with E-state index in [-0.39, 0.29) is 46.9 Å². The van der Waals surface area contributed by atoms with Crippen LogP contribution in [0.15, 0.2) is 69.0 Å². The molecule has 2 unspecified atom stereocenters. The number of nitrogens with two attached hydrogens (primary N) is 1. The number of aryl methyl sites for hydroxylation is 1. The van der Waals surface area contributed by atoms with E-state index in [2.05, 4.69) is 20.0 Å². The first-order chi connectivity index (χ1) is 20.7. The van der Waals surface area contributed by atoms with E-state index < -0.39 is 27.6 Å². The Balaban J connectivity index is 1.20. The number of imidazole rings is 1. The van der Waals surface area contributed by atoms with E-state index in [1.807, 2.05) is 0 Å². The van der Waals surface area contributed by atoms with Gasteiger partial charge in [0, 0.05) is 50.3 Å². The number of nitrogens with one attached hydrogen (secondary N) is 3. The smallest absolute Gasteiger partial charge is 0.343 e. The number of sulfonamides is 1. The monoisotopic (exact) mass is 606 g/mol. The molecule has 1 saturated carbocycles. The Morgan fingerprint density at radius 1 is 1.14 bits per heavy atom. The van der Waals surface area contributed by atoms with Crippen LogP contribution in [0.25, 0.3) is 11.0 Å². The maximum atomic E-state index is 13.3. The van der Waals surface area contributed by atoms with Gasteiger partial charge in [0.15, 0.2) is 0 Å². The van der Waals surface area contributed by atoms with Crippen molar-refractivity contribution in [2.75, 3.05) is 30.9 Å². The largest absolute Gasteiger partial charge is 0.507 e. The molecule has 0 spiro atoms. The van der Waals surface area contributed by atoms with Gasteiger partial charge in [-0.1, -0.05) is 24.3 Å². The summed E-state index contributed by atoms with van der Waals surface area (Å²) in [5.41, 5.74) is 7.71. The van der Waals surface area contributed by atoms with Gasteiger partial charge in [-0.25, -0.2) is 9.78 Å². The van der Waals surface area contributed by atoms with Gasteiger partial charge in [-0.3, -0.25) is 9.52 Å². The minimum atomic E-state index is -4.02. The molecule has 0 radical (unpaired) electrons. The summed E-state index contributed by atoms with van der Waals surface area (Å²) >= 11 is 0. The van der Waals surface area contributed by atoms with Crippen LogP contribution in [0.2, 0.25) is 0 Å². The number of aromatic amines is 1. The van der Waals surface area contributed by atoms with Crippen LogP contribution >= 0.6 is 0 Å². The molecule has 1 saturated heterocycles. The number of benzene rings is 2. The number of H-pyrrole nitrogens is 1. The first-order valence-electron chi connectivity index (χ1n) is 14.4. The lowest BCUT2D eigenvalue weighted by molar-refractivity contribution is -0.133. The van der Waals surface area contributed by atoms with Crippen LogP contribution in [-0.2, 0) is 21.2 Å². The van der Waals surface area contributed by atoms with Crippen LogP contribution in [0.1, 0.15) is 42.1 Å². The van der Waals surface area contributed by atoms with E-state index in [9.17, 15) is 23.1 Å². The minimum Gasteiger partial charge on any atom is -0.507 e. The van der Waals surface area contributed by atoms with Gasteiger partial charge in [-0.15, -0.1) is 0 Å². The van der Waals surface area contributed by atoms with Crippen molar-refractivity contribution >= 4 is 32.7 Å². The van der Waals surface area contributed by atoms with Gasteiger partial charge in [-0.2, -0.15) is 8.42 Å². The second-order valence-electron chi connectivity index (χ2n) is 11.1. The number of aromatic nitrogens is 2. The molecule has 226 valence electrons. The highest BCUT2D eigenvalue weighted by molar-refractivity contribution is 7.92. The lowest BCUT2D eigenvalue weighted by atomic mass is 9.87. The summed E-state index contributed by atoms with van der Waals surface area (Å²) in [5.74, 6) is -0.492. The lowest BCUT2D eigenvalue weighted by Gasteiger charge is -2.29. The molecular weight excluding hydrogens is 572 g/mol. The number of amides is 1. The number of hydrogen-bond acceptors (Lipinski definition) is 9. The molecule has 12 nitrogen and oxygen atoms in total. The molecule has 2 aromatic carbocycles. The third-order valence-electron chi connectivity index (χ3n) is 7.99. The number of rotatable bonds is 10. The molecule has 6 rings (SSSR count). The lowest BCUT2D eigenvalue weighted by Crippen LogP contribution is -2.51. The summed E-state index contributed by atoms with van der Waals surface area (Å²) in [6.07, 6.45) is 2.19. The second-order valence-corrected chi connectivity index (χ2v) is 12.7. The molecule has 2 atom stereocenters. The number of aromatic hydroxyl groups is 1. The molecule has 0 bridgehead atoms. The van der Waals surface area contributed by atoms with Crippen molar-refractivity contribution in [3.8, 4) is 5.75 Å². The van der Waals surface area contributed by atoms with E-state index >= 15 is 0 Å². The highest BCUT2D eigenvalue weighted by Gasteiger charge is 2.37. The van der Waals surface area contributed by atoms with Gasteiger partial charge in [0.25, 0.3) is 10.0 Å². The number of fused-ring (bicyclic) bond motifs is 1. The SMILES string of the molecule is NC(CCc1cc(O)c(C(c2cccc(NS(=O)(=O)c3nc4ccccc4[nH]3)c2)C2CC2)c(=O)o1)C(=O)N1CCNCC1. The summed E-state index contributed by atoms with van der Waals surface area (Å²) < 4.78 is 34.4. The fraction of sp³-hybridized carbons (Fsp3) is 0.367. The Bertz CT molecular complexity index is 1780. The zero-order valence-corrected chi connectivity index (χ0v) is 24.3. The summed E-state index contributed by atoms with van der Waals surface area (Å²) in [7, 11) is -4.02. The summed E-state index contributed by atoms with van der Waals surface area (Å²) in [4.78, 5) is 34.7. The molecule has 2 aromatic heterocycles. The van der Waals surface area contributed by atoms with E-state index in [1.54, 1.807) is 53.4 Å². The van der Waals surface area contributed by atoms with Crippen molar-refractivity contribution in [1.29, 1.82) is 0 Å². The number of hydrogen-bond donors (Lipinski definition) is 5. The van der Waals surface area contributed by atoms with Crippen LogP contribution in [0.5, 0.6) is 5.75 Å². The predicted molar refractivity (Wildman–Crippen MR) is 160 cm³/mol. The number of carbonyl (C=O) groups excluding carboxylic acids is 1. The van der Waals surface area contributed by atoms with E-state index in [0.29, 0.717) is 35.4 Å². The first-order valence-corrected chi connectivity index (χ1v) is 15.9. The fourth-order valence-corrected chi connectivity index (χ4v) is 6.65. The standard InChI is InChI=1S/C30H34N6O6S/c31-22(28(38)36-14-12-32-13-15-36)11-10-21-17-25(37)27(29(39)42-21)26(18-8-9-18)19-4-3-5-20(16-19)35-43(40,41)30-33-23-6-1-2-7-24(23)34-30/h1-7,16-18,22,26,32,35,37H,8-15,31H2,(H,33,34). The highest BCUT2D eigenvalue weighted by atomic mass is 32.2. The summed E-state index contributed by atoms with van der Waals surface area (Å²) in [6.45, 7) is 2.65. The van der Waals surface area contributed by atoms with Crippen LogP contribution in [0, 0.1) is 5.92 Å². The van der Waals surface area contributed by atoms with Crippen molar-refractivity contribution in [1.82, 2.24) is 20.2 Å². The van der Waals surface area contributed by atoms with Gasteiger partial charge in [0.2, 0.25) is 11.1 Å². The zero-order chi connectivity index (χ0) is 30.1. The molecule has 13 heteroatoms. The number of para-hydroxylation sites is 2. The Hall–Kier alpha value is -4.20. The Morgan fingerprint density at radius 3 is 2.63 bits per heavy atom. The molecule has 6 N–H and O–H groups in total. The summed E-state index contributed by atoms with van der Waals surface area (Å²) in [6, 6.07) is 14.5. The van der Waals surface area contributed by atoms with Gasteiger partial charge in [0.1, 0.15) is 11.5 Å². The van der Waals surface area contributed by atoms with Gasteiger partial charge < -0.3 is 30.5 Å². The van der Waals surface area contributed by atoms with E-state index in [4.69, 9.17) is 10.2 Å². The number of nitrogens with zero attached hydrogens (tertiary/aromatic N) is 2. The molecule has 43 heavy (non-hydrogen) atoms. The third-order valence-corrected chi connectivity index (χ3v) is 9.20. The van der Waals surface area contributed by atoms with Crippen LogP contribution < -0.4 is 21.4 Å². The van der Waals surface area contributed by atoms with E-state index in [0.717, 1.165) is 25.9 Å². The van der Waals surface area contributed by atoms with Crippen molar-refractivity contribution in [2.24, 2.45) is 11.7 Å². The molecule has 2 fully saturated rings. The van der Waals surface area contributed by atoms with Crippen molar-refractivity contribution in [3.63, 3.8) is 0 Å². The molecular formula is C30H34N6O6S. The Kier molecular flexibility index (Phi) is 7.95. The average molecular weight is 607 g/mol. The number of carbonyl (C=O) groups is 1. The van der Waals surface area contributed by atoms with Gasteiger partial charge >= 0.3 is 5.63 Å². The van der Waals surface area contributed by atoms with Crippen molar-refractivity contribution in [2.45, 2.75) is 42.8 Å². The van der Waals surface area contributed by atoms with Crippen molar-refractivity contribution < 1.29 is 22.7 Å². The quantitative estimate of drug-likeness (QED) is 0.181. The van der Waals surface area contributed by atoms with Crippen LogP contribution in [0.4, 0.5) is 5.69 Å². The molecule has 3 heterocycles. The predicted octanol–water partition coefficient (Wildman–Crippen LogP) is 2.26. The fourth-order valence-electron chi connectivity index (χ4n) is 5.65. The zero-order valence-electron chi connectivity index (χ0n) is 23.5. The molecule has 1 aliphatic heterocycles. The Morgan fingerprint density at radius 2 is 1.91 bits per heavy atom. The summed E-state index contributed by atoms with van der Waals surface area (Å²) in [5, 5.41) is 14.0.